The van der Waals surface area contributed by atoms with Crippen LogP contribution in [0.15, 0.2) is 35.1 Å². The van der Waals surface area contributed by atoms with Gasteiger partial charge in [-0.1, -0.05) is 11.2 Å². The molecule has 0 spiro atoms. The molecular weight excluding hydrogens is 242 g/mol. The van der Waals surface area contributed by atoms with Crippen molar-refractivity contribution in [3.8, 4) is 16.9 Å². The Hall–Kier alpha value is -2.56. The van der Waals surface area contributed by atoms with Crippen LogP contribution in [0, 0.1) is 0 Å². The van der Waals surface area contributed by atoms with Gasteiger partial charge in [-0.2, -0.15) is 0 Å². The van der Waals surface area contributed by atoms with Gasteiger partial charge in [0.1, 0.15) is 11.1 Å². The topological polar surface area (TPSA) is 74.2 Å². The van der Waals surface area contributed by atoms with E-state index in [-0.39, 0.29) is 0 Å². The summed E-state index contributed by atoms with van der Waals surface area (Å²) in [6.45, 7) is 0.659. The number of aromatic nitrogens is 2. The van der Waals surface area contributed by atoms with Crippen LogP contribution in [0.1, 0.15) is 5.56 Å². The second kappa shape index (κ2) is 3.71. The molecule has 1 aromatic carbocycles. The minimum Gasteiger partial charge on any atom is -0.492 e. The van der Waals surface area contributed by atoms with Crippen LogP contribution in [0.3, 0.4) is 0 Å². The summed E-state index contributed by atoms with van der Waals surface area (Å²) < 4.78 is 11.0. The average molecular weight is 253 g/mol. The molecule has 0 unspecified atom stereocenters. The van der Waals surface area contributed by atoms with Gasteiger partial charge in [-0.05, 0) is 17.7 Å². The SMILES string of the molecule is Nc1noc2cc(-c3cccnc3)c3c(c12)OCC3. The van der Waals surface area contributed by atoms with Crippen molar-refractivity contribution in [2.75, 3.05) is 12.3 Å². The van der Waals surface area contributed by atoms with Crippen molar-refractivity contribution in [1.29, 1.82) is 0 Å². The Bertz CT molecular complexity index is 765. The number of ether oxygens (including phenoxy) is 1. The lowest BCUT2D eigenvalue weighted by Gasteiger charge is -2.07. The third kappa shape index (κ3) is 1.41. The second-order valence-corrected chi connectivity index (χ2v) is 4.51. The minimum atomic E-state index is 0.380. The van der Waals surface area contributed by atoms with Crippen molar-refractivity contribution < 1.29 is 9.26 Å². The van der Waals surface area contributed by atoms with Crippen molar-refractivity contribution in [3.05, 3.63) is 36.2 Å². The van der Waals surface area contributed by atoms with Crippen molar-refractivity contribution in [2.24, 2.45) is 0 Å². The predicted octanol–water partition coefficient (Wildman–Crippen LogP) is 2.41. The molecule has 5 heteroatoms. The molecule has 19 heavy (non-hydrogen) atoms. The van der Waals surface area contributed by atoms with Gasteiger partial charge in [-0.15, -0.1) is 0 Å². The molecule has 0 amide bonds. The molecule has 5 nitrogen and oxygen atoms in total. The first kappa shape index (κ1) is 10.4. The molecule has 2 N–H and O–H groups in total. The maximum atomic E-state index is 5.84. The van der Waals surface area contributed by atoms with Crippen molar-refractivity contribution in [1.82, 2.24) is 10.1 Å². The van der Waals surface area contributed by atoms with E-state index in [0.717, 1.165) is 34.2 Å². The van der Waals surface area contributed by atoms with Crippen LogP contribution in [0.25, 0.3) is 22.1 Å². The van der Waals surface area contributed by atoms with Crippen molar-refractivity contribution >= 4 is 16.8 Å². The Balaban J connectivity index is 2.08. The summed E-state index contributed by atoms with van der Waals surface area (Å²) in [7, 11) is 0. The zero-order valence-corrected chi connectivity index (χ0v) is 10.1. The molecule has 4 rings (SSSR count). The normalized spacial score (nSPS) is 13.5. The summed E-state index contributed by atoms with van der Waals surface area (Å²) in [6, 6.07) is 5.90. The number of nitrogens with zero attached hydrogens (tertiary/aromatic N) is 2. The summed E-state index contributed by atoms with van der Waals surface area (Å²) >= 11 is 0. The van der Waals surface area contributed by atoms with E-state index in [2.05, 4.69) is 10.1 Å². The molecule has 94 valence electrons. The number of benzene rings is 1. The lowest BCUT2D eigenvalue weighted by Crippen LogP contribution is -1.90. The fourth-order valence-electron chi connectivity index (χ4n) is 2.58. The molecule has 0 fully saturated rings. The number of pyridine rings is 1. The van der Waals surface area contributed by atoms with Crippen molar-refractivity contribution in [2.45, 2.75) is 6.42 Å². The largest absolute Gasteiger partial charge is 0.492 e. The predicted molar refractivity (Wildman–Crippen MR) is 70.9 cm³/mol. The van der Waals surface area contributed by atoms with E-state index in [4.69, 9.17) is 15.0 Å². The summed E-state index contributed by atoms with van der Waals surface area (Å²) in [4.78, 5) is 4.16. The van der Waals surface area contributed by atoms with E-state index in [1.807, 2.05) is 24.4 Å². The van der Waals surface area contributed by atoms with E-state index < -0.39 is 0 Å². The van der Waals surface area contributed by atoms with Crippen LogP contribution in [-0.2, 0) is 6.42 Å². The number of nitrogen functional groups attached to an aromatic ring is 1. The first-order valence-electron chi connectivity index (χ1n) is 6.08. The highest BCUT2D eigenvalue weighted by atomic mass is 16.5. The quantitative estimate of drug-likeness (QED) is 0.720. The van der Waals surface area contributed by atoms with Crippen LogP contribution in [0.5, 0.6) is 5.75 Å². The van der Waals surface area contributed by atoms with E-state index >= 15 is 0 Å². The standard InChI is InChI=1S/C14H11N3O2/c15-14-12-11(19-17-14)6-10(8-2-1-4-16-7-8)9-3-5-18-13(9)12/h1-2,4,6-7H,3,5H2,(H2,15,17). The van der Waals surface area contributed by atoms with Gasteiger partial charge in [-0.25, -0.2) is 0 Å². The van der Waals surface area contributed by atoms with E-state index in [1.54, 1.807) is 6.20 Å². The van der Waals surface area contributed by atoms with E-state index in [0.29, 0.717) is 18.0 Å². The highest BCUT2D eigenvalue weighted by Crippen LogP contribution is 2.43. The Morgan fingerprint density at radius 2 is 2.26 bits per heavy atom. The summed E-state index contributed by atoms with van der Waals surface area (Å²) in [6.07, 6.45) is 4.45. The Morgan fingerprint density at radius 3 is 3.11 bits per heavy atom. The Morgan fingerprint density at radius 1 is 1.32 bits per heavy atom. The number of hydrogen-bond acceptors (Lipinski definition) is 5. The summed E-state index contributed by atoms with van der Waals surface area (Å²) in [5.74, 6) is 1.18. The molecule has 0 atom stereocenters. The lowest BCUT2D eigenvalue weighted by molar-refractivity contribution is 0.360. The van der Waals surface area contributed by atoms with Gasteiger partial charge in [0.15, 0.2) is 11.4 Å². The highest BCUT2D eigenvalue weighted by molar-refractivity contribution is 5.98. The molecule has 3 aromatic rings. The third-order valence-corrected chi connectivity index (χ3v) is 3.42. The first-order chi connectivity index (χ1) is 9.34. The van der Waals surface area contributed by atoms with Gasteiger partial charge >= 0.3 is 0 Å². The maximum Gasteiger partial charge on any atom is 0.178 e. The molecule has 3 heterocycles. The molecular formula is C14H11N3O2. The van der Waals surface area contributed by atoms with Gasteiger partial charge in [0.2, 0.25) is 0 Å². The zero-order chi connectivity index (χ0) is 12.8. The molecule has 0 radical (unpaired) electrons. The first-order valence-corrected chi connectivity index (χ1v) is 6.08. The molecule has 1 aliphatic rings. The molecule has 1 aliphatic heterocycles. The van der Waals surface area contributed by atoms with Crippen LogP contribution in [-0.4, -0.2) is 16.7 Å². The number of rotatable bonds is 1. The lowest BCUT2D eigenvalue weighted by atomic mass is 9.97. The molecule has 2 aromatic heterocycles. The monoisotopic (exact) mass is 253 g/mol. The second-order valence-electron chi connectivity index (χ2n) is 4.51. The van der Waals surface area contributed by atoms with Gasteiger partial charge in [0.25, 0.3) is 0 Å². The van der Waals surface area contributed by atoms with Gasteiger partial charge in [0, 0.05) is 29.9 Å². The zero-order valence-electron chi connectivity index (χ0n) is 10.1. The van der Waals surface area contributed by atoms with Crippen LogP contribution < -0.4 is 10.5 Å². The third-order valence-electron chi connectivity index (χ3n) is 3.42. The summed E-state index contributed by atoms with van der Waals surface area (Å²) in [5, 5.41) is 4.59. The fourth-order valence-corrected chi connectivity index (χ4v) is 2.58. The summed E-state index contributed by atoms with van der Waals surface area (Å²) in [5.41, 5.74) is 9.76. The number of fused-ring (bicyclic) bond motifs is 3. The highest BCUT2D eigenvalue weighted by Gasteiger charge is 2.24. The Kier molecular flexibility index (Phi) is 2.03. The van der Waals surface area contributed by atoms with Gasteiger partial charge < -0.3 is 15.0 Å². The van der Waals surface area contributed by atoms with Crippen LogP contribution >= 0.6 is 0 Å². The van der Waals surface area contributed by atoms with Crippen molar-refractivity contribution in [3.63, 3.8) is 0 Å². The maximum absolute atomic E-state index is 5.84. The number of nitrogens with two attached hydrogens (primary N) is 1. The molecule has 0 aliphatic carbocycles. The van der Waals surface area contributed by atoms with Gasteiger partial charge in [0.05, 0.1) is 6.61 Å². The molecule has 0 bridgehead atoms. The average Bonchev–Trinajstić information content (AvgIpc) is 3.05. The Labute approximate surface area is 109 Å². The smallest absolute Gasteiger partial charge is 0.178 e. The molecule has 0 saturated heterocycles. The van der Waals surface area contributed by atoms with Crippen LogP contribution in [0.2, 0.25) is 0 Å². The van der Waals surface area contributed by atoms with Gasteiger partial charge in [-0.3, -0.25) is 4.98 Å². The van der Waals surface area contributed by atoms with E-state index in [9.17, 15) is 0 Å². The fraction of sp³-hybridized carbons (Fsp3) is 0.143. The van der Waals surface area contributed by atoms with Crippen LogP contribution in [0.4, 0.5) is 5.82 Å². The molecule has 0 saturated carbocycles. The number of anilines is 1. The number of hydrogen-bond donors (Lipinski definition) is 1. The van der Waals surface area contributed by atoms with E-state index in [1.165, 1.54) is 0 Å². The minimum absolute atomic E-state index is 0.380.